The maximum atomic E-state index is 13.1. The molecule has 2 aliphatic rings. The first-order valence-electron chi connectivity index (χ1n) is 26.7. The summed E-state index contributed by atoms with van der Waals surface area (Å²) in [4.78, 5) is 36.9. The SMILES string of the molecule is CC(C)(C)[Si](C)(C)Oc1ccc2c(=O)c3ccc(O[Si](C)(C)C(C)(C)C)cc3oc2c1.COc1cc[c-]c(C)c1.COc1ccc(-c2c3ccc(=O)cc-3oc3cc(O)ccc23)c(C)c1.O=c1c2ccc(O)cc2oc2cc(O)ccc12.[Br-].[Mg+2]. The maximum absolute atomic E-state index is 13.1. The van der Waals surface area contributed by atoms with Gasteiger partial charge < -0.3 is 63.9 Å². The molecule has 0 bridgehead atoms. The van der Waals surface area contributed by atoms with Crippen molar-refractivity contribution < 1.29 is 63.9 Å². The van der Waals surface area contributed by atoms with Crippen molar-refractivity contribution in [1.82, 2.24) is 0 Å². The molecule has 84 heavy (non-hydrogen) atoms. The van der Waals surface area contributed by atoms with E-state index in [-0.39, 0.29) is 83.6 Å². The monoisotopic (exact) mass is 1240 g/mol. The summed E-state index contributed by atoms with van der Waals surface area (Å²) in [6.07, 6.45) is 0. The molecular formula is C67H69BrMgO13Si2. The molecule has 0 spiro atoms. The van der Waals surface area contributed by atoms with Crippen LogP contribution in [0.25, 0.3) is 77.3 Å². The van der Waals surface area contributed by atoms with Gasteiger partial charge in [-0.05, 0) is 139 Å². The van der Waals surface area contributed by atoms with E-state index in [4.69, 9.17) is 31.6 Å². The summed E-state index contributed by atoms with van der Waals surface area (Å²) in [6.45, 7) is 26.1. The van der Waals surface area contributed by atoms with Crippen molar-refractivity contribution in [3.05, 3.63) is 193 Å². The molecule has 0 saturated carbocycles. The molecule has 1 aliphatic heterocycles. The molecule has 2 aromatic heterocycles. The van der Waals surface area contributed by atoms with Crippen molar-refractivity contribution in [2.75, 3.05) is 14.2 Å². The Bertz CT molecular complexity index is 4170. The molecule has 13 nitrogen and oxygen atoms in total. The number of ether oxygens (including phenoxy) is 2. The molecule has 0 saturated heterocycles. The number of hydrogen-bond donors (Lipinski definition) is 3. The van der Waals surface area contributed by atoms with Crippen LogP contribution in [0, 0.1) is 19.9 Å². The van der Waals surface area contributed by atoms with Gasteiger partial charge >= 0.3 is 23.1 Å². The molecule has 3 heterocycles. The summed E-state index contributed by atoms with van der Waals surface area (Å²) in [5, 5.41) is 31.5. The minimum atomic E-state index is -1.99. The van der Waals surface area contributed by atoms with Gasteiger partial charge in [-0.15, -0.1) is 12.1 Å². The minimum Gasteiger partial charge on any atom is -1.00 e. The number of benzene rings is 8. The van der Waals surface area contributed by atoms with Gasteiger partial charge in [0.25, 0.3) is 0 Å². The molecular weight excluding hydrogens is 1170 g/mol. The van der Waals surface area contributed by atoms with Gasteiger partial charge in [0.05, 0.1) is 35.8 Å². The van der Waals surface area contributed by atoms with Gasteiger partial charge in [-0.3, -0.25) is 14.4 Å². The summed E-state index contributed by atoms with van der Waals surface area (Å²) < 4.78 is 40.6. The Morgan fingerprint density at radius 3 is 1.26 bits per heavy atom. The van der Waals surface area contributed by atoms with Crippen molar-refractivity contribution in [1.29, 1.82) is 0 Å². The first-order chi connectivity index (χ1) is 38.6. The third-order valence-electron chi connectivity index (χ3n) is 15.1. The molecule has 0 atom stereocenters. The Labute approximate surface area is 516 Å². The first-order valence-corrected chi connectivity index (χ1v) is 32.5. The smallest absolute Gasteiger partial charge is 1.00 e. The van der Waals surface area contributed by atoms with Gasteiger partial charge in [-0.2, -0.15) is 17.7 Å². The zero-order chi connectivity index (χ0) is 59.6. The predicted octanol–water partition coefficient (Wildman–Crippen LogP) is 13.1. The molecule has 7 aromatic carbocycles. The number of methoxy groups -OCH3 is 2. The van der Waals surface area contributed by atoms with E-state index in [1.807, 2.05) is 92.7 Å². The van der Waals surface area contributed by atoms with Crippen LogP contribution in [0.15, 0.2) is 173 Å². The number of halogens is 1. The number of phenols is 3. The van der Waals surface area contributed by atoms with Gasteiger partial charge in [-0.25, -0.2) is 0 Å². The normalized spacial score (nSPS) is 11.5. The van der Waals surface area contributed by atoms with E-state index in [0.717, 1.165) is 56.2 Å². The van der Waals surface area contributed by atoms with Crippen LogP contribution < -0.4 is 51.6 Å². The number of aryl methyl sites for hydroxylation is 2. The molecule has 0 radical (unpaired) electrons. The fourth-order valence-electron chi connectivity index (χ4n) is 8.54. The van der Waals surface area contributed by atoms with Crippen LogP contribution in [0.4, 0.5) is 0 Å². The Morgan fingerprint density at radius 1 is 0.452 bits per heavy atom. The van der Waals surface area contributed by atoms with E-state index in [2.05, 4.69) is 73.8 Å². The Kier molecular flexibility index (Phi) is 20.4. The first kappa shape index (κ1) is 65.6. The number of hydrogen-bond acceptors (Lipinski definition) is 13. The van der Waals surface area contributed by atoms with Crippen molar-refractivity contribution in [3.8, 4) is 62.7 Å². The van der Waals surface area contributed by atoms with Crippen LogP contribution in [-0.2, 0) is 0 Å². The fourth-order valence-corrected chi connectivity index (χ4v) is 10.6. The van der Waals surface area contributed by atoms with Gasteiger partial charge in [-0.1, -0.05) is 54.5 Å². The zero-order valence-corrected chi connectivity index (χ0v) is 54.9. The molecule has 0 amide bonds. The molecule has 432 valence electrons. The molecule has 9 aromatic rings. The van der Waals surface area contributed by atoms with Crippen molar-refractivity contribution >= 4 is 94.5 Å². The van der Waals surface area contributed by atoms with Crippen LogP contribution >= 0.6 is 0 Å². The quantitative estimate of drug-likeness (QED) is 0.0777. The van der Waals surface area contributed by atoms with E-state index in [9.17, 15) is 29.7 Å². The van der Waals surface area contributed by atoms with Crippen molar-refractivity contribution in [2.24, 2.45) is 0 Å². The second-order valence-corrected chi connectivity index (χ2v) is 32.6. The largest absolute Gasteiger partial charge is 2.00 e. The Balaban J connectivity index is 0.000000191. The summed E-state index contributed by atoms with van der Waals surface area (Å²) in [5.41, 5.74) is 6.88. The molecule has 0 fully saturated rings. The van der Waals surface area contributed by atoms with Crippen LogP contribution in [0.1, 0.15) is 52.7 Å². The van der Waals surface area contributed by atoms with Crippen molar-refractivity contribution in [2.45, 2.75) is 91.7 Å². The summed E-state index contributed by atoms with van der Waals surface area (Å²) in [5.74, 6) is 3.84. The molecule has 17 heteroatoms. The molecule has 1 aliphatic carbocycles. The summed E-state index contributed by atoms with van der Waals surface area (Å²) in [6, 6.07) is 44.1. The fraction of sp³-hybridized carbons (Fsp3) is 0.239. The number of aromatic hydroxyl groups is 3. The zero-order valence-electron chi connectivity index (χ0n) is 49.9. The topological polar surface area (TPSA) is 188 Å². The van der Waals surface area contributed by atoms with E-state index < -0.39 is 16.6 Å². The number of fused-ring (bicyclic) bond motifs is 6. The van der Waals surface area contributed by atoms with Crippen LogP contribution in [0.3, 0.4) is 0 Å². The van der Waals surface area contributed by atoms with E-state index >= 15 is 0 Å². The average molecular weight is 1240 g/mol. The van der Waals surface area contributed by atoms with E-state index in [1.54, 1.807) is 32.4 Å². The van der Waals surface area contributed by atoms with Crippen LogP contribution in [0.5, 0.6) is 40.2 Å². The number of phenolic OH excluding ortho intramolecular Hbond substituents is 3. The average Bonchev–Trinajstić information content (AvgIpc) is 3.61. The van der Waals surface area contributed by atoms with E-state index in [1.165, 1.54) is 48.5 Å². The standard InChI is InChI=1S/C25H36O4Si2.C21H16O4.C13H8O4.C8H9O.BrH.Mg/c1-24(2,3)30(7,8)28-17-11-13-19-21(15-17)27-22-16-18(12-14-20(22)23(19)26)29-31(9,10)25(4,5)6;1-12-9-15(24-2)5-8-16(12)21-17-6-3-13(22)10-19(17)25-20-11-14(23)4-7-18(20)21;14-7-1-3-9-11(5-7)17-12-6-8(15)2-4-10(12)13(9)16;1-7-4-3-5-8(6-7)9-2;;/h11-16H,1-10H3;3-11,22H,1-2H3;1-6,14-15H;3,5-6H,1-2H3;1H;/q;;;-1;;+2/p-1. The van der Waals surface area contributed by atoms with Gasteiger partial charge in [0.15, 0.2) is 5.43 Å². The van der Waals surface area contributed by atoms with Gasteiger partial charge in [0, 0.05) is 58.7 Å². The predicted molar refractivity (Wildman–Crippen MR) is 339 cm³/mol. The summed E-state index contributed by atoms with van der Waals surface area (Å²) >= 11 is 0. The third-order valence-corrected chi connectivity index (χ3v) is 23.9. The summed E-state index contributed by atoms with van der Waals surface area (Å²) in [7, 11) is -0.679. The molecule has 11 rings (SSSR count). The van der Waals surface area contributed by atoms with Crippen LogP contribution in [-0.4, -0.2) is 69.2 Å². The minimum absolute atomic E-state index is 0. The van der Waals surface area contributed by atoms with Gasteiger partial charge in [0.1, 0.15) is 68.2 Å². The Hall–Kier alpha value is -7.55. The Morgan fingerprint density at radius 2 is 0.845 bits per heavy atom. The second kappa shape index (κ2) is 26.2. The maximum Gasteiger partial charge on any atom is 2.00 e. The third kappa shape index (κ3) is 14.7. The van der Waals surface area contributed by atoms with Crippen molar-refractivity contribution in [3.63, 3.8) is 0 Å². The second-order valence-electron chi connectivity index (χ2n) is 23.2. The van der Waals surface area contributed by atoms with E-state index in [0.29, 0.717) is 55.2 Å². The van der Waals surface area contributed by atoms with Crippen LogP contribution in [0.2, 0.25) is 36.3 Å². The van der Waals surface area contributed by atoms with Gasteiger partial charge in [0.2, 0.25) is 27.5 Å². The molecule has 3 N–H and O–H groups in total. The molecule has 0 unspecified atom stereocenters. The number of rotatable bonds is 7.